The van der Waals surface area contributed by atoms with Gasteiger partial charge >= 0.3 is 6.09 Å². The molecule has 4 nitrogen and oxygen atoms in total. The first kappa shape index (κ1) is 11.7. The number of halogens is 1. The second-order valence-corrected chi connectivity index (χ2v) is 4.25. The van der Waals surface area contributed by atoms with E-state index in [0.717, 1.165) is 5.56 Å². The van der Waals surface area contributed by atoms with Gasteiger partial charge in [0.25, 0.3) is 0 Å². The lowest BCUT2D eigenvalue weighted by Gasteiger charge is -2.30. The van der Waals surface area contributed by atoms with Crippen molar-refractivity contribution < 1.29 is 19.4 Å². The number of hydrogen-bond acceptors (Lipinski definition) is 2. The molecule has 92 valence electrons. The van der Waals surface area contributed by atoms with Crippen molar-refractivity contribution in [1.29, 1.82) is 0 Å². The number of phenolic OH excluding ortho intramolecular Hbond substituents is 1. The standard InChI is InChI=1S/C12H14FNO3/c13-10-7-9(1-2-11(10)15)8-3-5-14(6-4-8)12(16)17/h1-2,7-8,15H,3-6H2,(H,16,17). The number of piperidine rings is 1. The minimum absolute atomic E-state index is 0.167. The quantitative estimate of drug-likeness (QED) is 0.791. The van der Waals surface area contributed by atoms with Gasteiger partial charge in [0.15, 0.2) is 11.6 Å². The van der Waals surface area contributed by atoms with E-state index in [1.807, 2.05) is 0 Å². The highest BCUT2D eigenvalue weighted by molar-refractivity contribution is 5.65. The number of likely N-dealkylation sites (tertiary alicyclic amines) is 1. The van der Waals surface area contributed by atoms with Crippen LogP contribution in [-0.4, -0.2) is 34.3 Å². The molecule has 0 aromatic heterocycles. The first-order valence-corrected chi connectivity index (χ1v) is 5.54. The molecule has 2 rings (SSSR count). The summed E-state index contributed by atoms with van der Waals surface area (Å²) < 4.78 is 13.2. The van der Waals surface area contributed by atoms with Gasteiger partial charge in [-0.3, -0.25) is 0 Å². The maximum atomic E-state index is 13.2. The van der Waals surface area contributed by atoms with Crippen LogP contribution in [0.15, 0.2) is 18.2 Å². The van der Waals surface area contributed by atoms with E-state index >= 15 is 0 Å². The minimum Gasteiger partial charge on any atom is -0.505 e. The van der Waals surface area contributed by atoms with E-state index < -0.39 is 11.9 Å². The zero-order valence-corrected chi connectivity index (χ0v) is 9.27. The van der Waals surface area contributed by atoms with E-state index in [0.29, 0.717) is 25.9 Å². The van der Waals surface area contributed by atoms with Crippen molar-refractivity contribution >= 4 is 6.09 Å². The third kappa shape index (κ3) is 2.49. The van der Waals surface area contributed by atoms with Crippen LogP contribution >= 0.6 is 0 Å². The molecule has 0 saturated carbocycles. The molecule has 1 aliphatic rings. The number of phenols is 1. The Morgan fingerprint density at radius 3 is 2.53 bits per heavy atom. The number of benzene rings is 1. The lowest BCUT2D eigenvalue weighted by Crippen LogP contribution is -2.36. The van der Waals surface area contributed by atoms with Crippen LogP contribution in [0.25, 0.3) is 0 Å². The van der Waals surface area contributed by atoms with Gasteiger partial charge in [-0.05, 0) is 36.5 Å². The van der Waals surface area contributed by atoms with E-state index in [1.54, 1.807) is 6.07 Å². The largest absolute Gasteiger partial charge is 0.505 e. The van der Waals surface area contributed by atoms with Gasteiger partial charge in [-0.2, -0.15) is 0 Å². The van der Waals surface area contributed by atoms with Crippen LogP contribution in [0, 0.1) is 5.82 Å². The molecule has 1 aromatic rings. The molecule has 1 heterocycles. The number of carboxylic acid groups (broad SMARTS) is 1. The normalized spacial score (nSPS) is 17.1. The summed E-state index contributed by atoms with van der Waals surface area (Å²) in [5.74, 6) is -0.805. The molecule has 2 N–H and O–H groups in total. The molecule has 17 heavy (non-hydrogen) atoms. The van der Waals surface area contributed by atoms with Gasteiger partial charge < -0.3 is 15.1 Å². The lowest BCUT2D eigenvalue weighted by atomic mass is 9.89. The molecule has 0 atom stereocenters. The van der Waals surface area contributed by atoms with Crippen molar-refractivity contribution in [2.45, 2.75) is 18.8 Å². The Kier molecular flexibility index (Phi) is 3.17. The van der Waals surface area contributed by atoms with E-state index in [1.165, 1.54) is 17.0 Å². The van der Waals surface area contributed by atoms with Crippen molar-refractivity contribution in [1.82, 2.24) is 4.90 Å². The maximum Gasteiger partial charge on any atom is 0.407 e. The van der Waals surface area contributed by atoms with Crippen molar-refractivity contribution in [3.05, 3.63) is 29.6 Å². The minimum atomic E-state index is -0.902. The van der Waals surface area contributed by atoms with Crippen LogP contribution < -0.4 is 0 Å². The number of carbonyl (C=O) groups is 1. The van der Waals surface area contributed by atoms with E-state index in [2.05, 4.69) is 0 Å². The molecule has 0 aliphatic carbocycles. The fourth-order valence-corrected chi connectivity index (χ4v) is 2.18. The zero-order valence-electron chi connectivity index (χ0n) is 9.27. The van der Waals surface area contributed by atoms with Crippen molar-refractivity contribution in [2.24, 2.45) is 0 Å². The molecule has 1 aromatic carbocycles. The summed E-state index contributed by atoms with van der Waals surface area (Å²) >= 11 is 0. The molecule has 0 unspecified atom stereocenters. The van der Waals surface area contributed by atoms with Gasteiger partial charge in [-0.25, -0.2) is 9.18 Å². The molecule has 0 radical (unpaired) electrons. The van der Waals surface area contributed by atoms with Crippen LogP contribution in [0.4, 0.5) is 9.18 Å². The number of aromatic hydroxyl groups is 1. The SMILES string of the molecule is O=C(O)N1CCC(c2ccc(O)c(F)c2)CC1. The van der Waals surface area contributed by atoms with Crippen LogP contribution in [-0.2, 0) is 0 Å². The second-order valence-electron chi connectivity index (χ2n) is 4.25. The summed E-state index contributed by atoms with van der Waals surface area (Å²) in [5, 5.41) is 17.9. The second kappa shape index (κ2) is 4.61. The molecule has 5 heteroatoms. The highest BCUT2D eigenvalue weighted by Crippen LogP contribution is 2.30. The molecular weight excluding hydrogens is 225 g/mol. The molecule has 1 aliphatic heterocycles. The number of amides is 1. The summed E-state index contributed by atoms with van der Waals surface area (Å²) in [6.45, 7) is 0.949. The molecule has 0 spiro atoms. The third-order valence-electron chi connectivity index (χ3n) is 3.21. The highest BCUT2D eigenvalue weighted by Gasteiger charge is 2.23. The van der Waals surface area contributed by atoms with E-state index in [-0.39, 0.29) is 11.7 Å². The van der Waals surface area contributed by atoms with Gasteiger partial charge in [-0.15, -0.1) is 0 Å². The zero-order chi connectivity index (χ0) is 12.4. The van der Waals surface area contributed by atoms with Crippen LogP contribution in [0.1, 0.15) is 24.3 Å². The number of nitrogens with zero attached hydrogens (tertiary/aromatic N) is 1. The fraction of sp³-hybridized carbons (Fsp3) is 0.417. The third-order valence-corrected chi connectivity index (χ3v) is 3.21. The summed E-state index contributed by atoms with van der Waals surface area (Å²) in [6.07, 6.45) is 0.480. The highest BCUT2D eigenvalue weighted by atomic mass is 19.1. The molecular formula is C12H14FNO3. The van der Waals surface area contributed by atoms with Crippen molar-refractivity contribution in [3.63, 3.8) is 0 Å². The Morgan fingerprint density at radius 1 is 1.35 bits per heavy atom. The first-order valence-electron chi connectivity index (χ1n) is 5.54. The molecule has 1 fully saturated rings. The van der Waals surface area contributed by atoms with Crippen molar-refractivity contribution in [2.75, 3.05) is 13.1 Å². The number of rotatable bonds is 1. The maximum absolute atomic E-state index is 13.2. The van der Waals surface area contributed by atoms with Gasteiger partial charge in [0.2, 0.25) is 0 Å². The smallest absolute Gasteiger partial charge is 0.407 e. The first-order chi connectivity index (χ1) is 8.08. The Labute approximate surface area is 98.3 Å². The summed E-state index contributed by atoms with van der Waals surface area (Å²) in [4.78, 5) is 12.1. The van der Waals surface area contributed by atoms with Crippen LogP contribution in [0.3, 0.4) is 0 Å². The van der Waals surface area contributed by atoms with E-state index in [9.17, 15) is 9.18 Å². The monoisotopic (exact) mass is 239 g/mol. The average Bonchev–Trinajstić information content (AvgIpc) is 2.33. The van der Waals surface area contributed by atoms with Gasteiger partial charge in [-0.1, -0.05) is 6.07 Å². The lowest BCUT2D eigenvalue weighted by molar-refractivity contribution is 0.132. The topological polar surface area (TPSA) is 60.8 Å². The Morgan fingerprint density at radius 2 is 2.00 bits per heavy atom. The Balaban J connectivity index is 2.05. The summed E-state index contributed by atoms with van der Waals surface area (Å²) in [5.41, 5.74) is 0.824. The van der Waals surface area contributed by atoms with Gasteiger partial charge in [0, 0.05) is 13.1 Å². The summed E-state index contributed by atoms with van der Waals surface area (Å²) in [7, 11) is 0. The van der Waals surface area contributed by atoms with Gasteiger partial charge in [0.05, 0.1) is 0 Å². The fourth-order valence-electron chi connectivity index (χ4n) is 2.18. The van der Waals surface area contributed by atoms with Crippen LogP contribution in [0.2, 0.25) is 0 Å². The average molecular weight is 239 g/mol. The number of hydrogen-bond donors (Lipinski definition) is 2. The summed E-state index contributed by atoms with van der Waals surface area (Å²) in [6, 6.07) is 4.37. The van der Waals surface area contributed by atoms with E-state index in [4.69, 9.17) is 10.2 Å². The molecule has 1 saturated heterocycles. The van der Waals surface area contributed by atoms with Crippen LogP contribution in [0.5, 0.6) is 5.75 Å². The predicted molar refractivity (Wildman–Crippen MR) is 59.6 cm³/mol. The molecule has 1 amide bonds. The predicted octanol–water partition coefficient (Wildman–Crippen LogP) is 2.39. The Bertz CT molecular complexity index is 428. The Hall–Kier alpha value is -1.78. The molecule has 0 bridgehead atoms. The van der Waals surface area contributed by atoms with Gasteiger partial charge in [0.1, 0.15) is 0 Å². The van der Waals surface area contributed by atoms with Crippen molar-refractivity contribution in [3.8, 4) is 5.75 Å².